The second kappa shape index (κ2) is 5.26. The van der Waals surface area contributed by atoms with Gasteiger partial charge >= 0.3 is 0 Å². The third-order valence-corrected chi connectivity index (χ3v) is 4.07. The Morgan fingerprint density at radius 1 is 1.46 bits per heavy atom. The molecular weight excluding hydrogens is 178 g/mol. The van der Waals surface area contributed by atoms with Crippen molar-refractivity contribution in [2.75, 3.05) is 25.1 Å². The van der Waals surface area contributed by atoms with Crippen LogP contribution in [0.3, 0.4) is 0 Å². The van der Waals surface area contributed by atoms with Crippen molar-refractivity contribution in [3.8, 4) is 0 Å². The summed E-state index contributed by atoms with van der Waals surface area (Å²) >= 11 is 2.08. The van der Waals surface area contributed by atoms with Gasteiger partial charge < -0.3 is 5.32 Å². The monoisotopic (exact) mass is 201 g/mol. The minimum atomic E-state index is 0.580. The molecule has 0 amide bonds. The van der Waals surface area contributed by atoms with Crippen molar-refractivity contribution in [3.05, 3.63) is 0 Å². The van der Waals surface area contributed by atoms with Crippen LogP contribution in [0.5, 0.6) is 0 Å². The number of rotatable bonds is 7. The number of nitrogens with one attached hydrogen (secondary N) is 1. The maximum absolute atomic E-state index is 3.35. The highest BCUT2D eigenvalue weighted by atomic mass is 32.2. The zero-order valence-corrected chi connectivity index (χ0v) is 10.0. The van der Waals surface area contributed by atoms with Crippen molar-refractivity contribution in [1.82, 2.24) is 5.32 Å². The molecule has 1 atom stereocenters. The first-order valence-corrected chi connectivity index (χ1v) is 6.60. The molecule has 1 nitrogen and oxygen atoms in total. The van der Waals surface area contributed by atoms with Gasteiger partial charge in [-0.25, -0.2) is 0 Å². The van der Waals surface area contributed by atoms with Crippen LogP contribution in [0.15, 0.2) is 0 Å². The first-order chi connectivity index (χ1) is 6.23. The molecule has 0 bridgehead atoms. The lowest BCUT2D eigenvalue weighted by Gasteiger charge is -2.29. The molecule has 1 aliphatic carbocycles. The third-order valence-electron chi connectivity index (χ3n) is 3.17. The Bertz CT molecular complexity index is 145. The van der Waals surface area contributed by atoms with E-state index in [1.807, 2.05) is 0 Å². The van der Waals surface area contributed by atoms with E-state index in [1.54, 1.807) is 0 Å². The fourth-order valence-corrected chi connectivity index (χ4v) is 2.97. The van der Waals surface area contributed by atoms with E-state index < -0.39 is 0 Å². The van der Waals surface area contributed by atoms with Gasteiger partial charge in [0, 0.05) is 6.54 Å². The topological polar surface area (TPSA) is 12.0 Å². The highest BCUT2D eigenvalue weighted by molar-refractivity contribution is 7.99. The normalized spacial score (nSPS) is 21.5. The van der Waals surface area contributed by atoms with Crippen LogP contribution in [-0.2, 0) is 0 Å². The first kappa shape index (κ1) is 11.4. The Morgan fingerprint density at radius 3 is 2.62 bits per heavy atom. The Labute approximate surface area is 87.1 Å². The summed E-state index contributed by atoms with van der Waals surface area (Å²) in [4.78, 5) is 0. The van der Waals surface area contributed by atoms with Gasteiger partial charge in [-0.15, -0.1) is 0 Å². The van der Waals surface area contributed by atoms with Gasteiger partial charge in [0.1, 0.15) is 0 Å². The summed E-state index contributed by atoms with van der Waals surface area (Å²) in [6.07, 6.45) is 4.32. The van der Waals surface area contributed by atoms with Crippen LogP contribution in [0, 0.1) is 11.3 Å². The molecule has 0 saturated heterocycles. The Morgan fingerprint density at radius 2 is 2.15 bits per heavy atom. The van der Waals surface area contributed by atoms with Gasteiger partial charge in [-0.05, 0) is 49.1 Å². The Kier molecular flexibility index (Phi) is 4.60. The summed E-state index contributed by atoms with van der Waals surface area (Å²) in [5.41, 5.74) is 0.580. The Balaban J connectivity index is 2.28. The summed E-state index contributed by atoms with van der Waals surface area (Å²) in [6, 6.07) is 0. The summed E-state index contributed by atoms with van der Waals surface area (Å²) in [6.45, 7) is 5.90. The standard InChI is InChI=1S/C11H23NS/c1-4-13-8-7-11(2,9-12-3)10-5-6-10/h10,12H,4-9H2,1-3H3. The van der Waals surface area contributed by atoms with Gasteiger partial charge in [0.25, 0.3) is 0 Å². The quantitative estimate of drug-likeness (QED) is 0.636. The fraction of sp³-hybridized carbons (Fsp3) is 1.00. The molecule has 1 saturated carbocycles. The molecule has 0 spiro atoms. The maximum atomic E-state index is 3.35. The molecule has 1 N–H and O–H groups in total. The van der Waals surface area contributed by atoms with Crippen LogP contribution >= 0.6 is 11.8 Å². The molecule has 0 heterocycles. The highest BCUT2D eigenvalue weighted by Crippen LogP contribution is 2.47. The van der Waals surface area contributed by atoms with E-state index in [2.05, 4.69) is 38.0 Å². The van der Waals surface area contributed by atoms with Gasteiger partial charge in [0.15, 0.2) is 0 Å². The average Bonchev–Trinajstić information content (AvgIpc) is 2.87. The number of hydrogen-bond acceptors (Lipinski definition) is 2. The van der Waals surface area contributed by atoms with Crippen molar-refractivity contribution in [1.29, 1.82) is 0 Å². The van der Waals surface area contributed by atoms with Crippen molar-refractivity contribution >= 4 is 11.8 Å². The lowest BCUT2D eigenvalue weighted by Crippen LogP contribution is -2.32. The molecule has 0 radical (unpaired) electrons. The van der Waals surface area contributed by atoms with E-state index >= 15 is 0 Å². The largest absolute Gasteiger partial charge is 0.319 e. The van der Waals surface area contributed by atoms with Crippen molar-refractivity contribution < 1.29 is 0 Å². The maximum Gasteiger partial charge on any atom is 0.000511 e. The predicted octanol–water partition coefficient (Wildman–Crippen LogP) is 2.77. The van der Waals surface area contributed by atoms with Crippen molar-refractivity contribution in [2.24, 2.45) is 11.3 Å². The fourth-order valence-electron chi connectivity index (χ4n) is 2.07. The van der Waals surface area contributed by atoms with Crippen LogP contribution in [0.2, 0.25) is 0 Å². The smallest absolute Gasteiger partial charge is 0.000511 e. The predicted molar refractivity (Wildman–Crippen MR) is 62.4 cm³/mol. The van der Waals surface area contributed by atoms with E-state index in [9.17, 15) is 0 Å². The van der Waals surface area contributed by atoms with Crippen molar-refractivity contribution in [3.63, 3.8) is 0 Å². The van der Waals surface area contributed by atoms with E-state index in [1.165, 1.54) is 37.3 Å². The summed E-state index contributed by atoms with van der Waals surface area (Å²) in [5, 5.41) is 3.35. The SMILES string of the molecule is CCSCCC(C)(CNC)C1CC1. The van der Waals surface area contributed by atoms with Gasteiger partial charge in [-0.3, -0.25) is 0 Å². The lowest BCUT2D eigenvalue weighted by atomic mass is 9.82. The lowest BCUT2D eigenvalue weighted by molar-refractivity contribution is 0.257. The highest BCUT2D eigenvalue weighted by Gasteiger charge is 2.40. The average molecular weight is 201 g/mol. The van der Waals surface area contributed by atoms with Gasteiger partial charge in [-0.2, -0.15) is 11.8 Å². The zero-order chi connectivity index (χ0) is 9.73. The second-order valence-electron chi connectivity index (χ2n) is 4.41. The van der Waals surface area contributed by atoms with E-state index in [0.717, 1.165) is 5.92 Å². The molecule has 1 unspecified atom stereocenters. The molecule has 2 heteroatoms. The van der Waals surface area contributed by atoms with Crippen LogP contribution in [0.4, 0.5) is 0 Å². The molecule has 78 valence electrons. The number of hydrogen-bond donors (Lipinski definition) is 1. The minimum absolute atomic E-state index is 0.580. The van der Waals surface area contributed by atoms with E-state index in [4.69, 9.17) is 0 Å². The molecular formula is C11H23NS. The van der Waals surface area contributed by atoms with Gasteiger partial charge in [-0.1, -0.05) is 13.8 Å². The molecule has 0 aromatic heterocycles. The molecule has 1 fully saturated rings. The molecule has 13 heavy (non-hydrogen) atoms. The molecule has 1 aliphatic rings. The van der Waals surface area contributed by atoms with E-state index in [0.29, 0.717) is 5.41 Å². The van der Waals surface area contributed by atoms with Crippen LogP contribution in [0.1, 0.15) is 33.1 Å². The van der Waals surface area contributed by atoms with Crippen molar-refractivity contribution in [2.45, 2.75) is 33.1 Å². The van der Waals surface area contributed by atoms with Crippen LogP contribution < -0.4 is 5.32 Å². The minimum Gasteiger partial charge on any atom is -0.319 e. The molecule has 0 aromatic carbocycles. The first-order valence-electron chi connectivity index (χ1n) is 5.45. The van der Waals surface area contributed by atoms with Crippen LogP contribution in [0.25, 0.3) is 0 Å². The van der Waals surface area contributed by atoms with E-state index in [-0.39, 0.29) is 0 Å². The molecule has 1 rings (SSSR count). The molecule has 0 aromatic rings. The number of thioether (sulfide) groups is 1. The zero-order valence-electron chi connectivity index (χ0n) is 9.23. The second-order valence-corrected chi connectivity index (χ2v) is 5.80. The summed E-state index contributed by atoms with van der Waals surface area (Å²) < 4.78 is 0. The molecule has 0 aliphatic heterocycles. The Hall–Kier alpha value is 0.310. The van der Waals surface area contributed by atoms with Gasteiger partial charge in [0.2, 0.25) is 0 Å². The summed E-state index contributed by atoms with van der Waals surface area (Å²) in [7, 11) is 2.08. The van der Waals surface area contributed by atoms with Gasteiger partial charge in [0.05, 0.1) is 0 Å². The van der Waals surface area contributed by atoms with Crippen LogP contribution in [-0.4, -0.2) is 25.1 Å². The third kappa shape index (κ3) is 3.51. The summed E-state index contributed by atoms with van der Waals surface area (Å²) in [5.74, 6) is 3.61.